The Morgan fingerprint density at radius 3 is 1.75 bits per heavy atom. The van der Waals surface area contributed by atoms with Gasteiger partial charge in [-0.1, -0.05) is 30.9 Å². The van der Waals surface area contributed by atoms with Crippen molar-refractivity contribution in [2.75, 3.05) is 18.8 Å². The summed E-state index contributed by atoms with van der Waals surface area (Å²) in [6, 6.07) is 0. The normalized spacial score (nSPS) is 8.94. The first-order chi connectivity index (χ1) is 7.76. The molecule has 0 saturated heterocycles. The standard InChI is InChI=1S/C7H15NS2.C3H3N3/c1-4-8(5-2)7(9)10-6-3;1-4-2-6-3-5-1/h4-6H2,1-3H3;1-3H. The number of hydrogen-bond acceptors (Lipinski definition) is 5. The predicted octanol–water partition coefficient (Wildman–Crippen LogP) is 2.24. The van der Waals surface area contributed by atoms with Crippen LogP contribution < -0.4 is 0 Å². The van der Waals surface area contributed by atoms with E-state index >= 15 is 0 Å². The first kappa shape index (κ1) is 15.2. The smallest absolute Gasteiger partial charge is 0.136 e. The molecule has 0 unspecified atom stereocenters. The Morgan fingerprint density at radius 2 is 1.50 bits per heavy atom. The van der Waals surface area contributed by atoms with E-state index < -0.39 is 0 Å². The SMILES string of the molecule is CCSC(=S)N(CC)CC.c1ncncn1. The molecule has 0 saturated carbocycles. The molecule has 1 aromatic heterocycles. The molecule has 0 amide bonds. The second-order valence-corrected chi connectivity index (χ2v) is 4.56. The van der Waals surface area contributed by atoms with Crippen LogP contribution in [0.2, 0.25) is 0 Å². The number of thiocarbonyl (C=S) groups is 1. The maximum atomic E-state index is 5.16. The summed E-state index contributed by atoms with van der Waals surface area (Å²) >= 11 is 6.91. The second kappa shape index (κ2) is 10.8. The minimum atomic E-state index is 1.03. The van der Waals surface area contributed by atoms with Gasteiger partial charge < -0.3 is 4.90 Å². The van der Waals surface area contributed by atoms with E-state index in [1.807, 2.05) is 0 Å². The van der Waals surface area contributed by atoms with Gasteiger partial charge in [0.25, 0.3) is 0 Å². The van der Waals surface area contributed by atoms with Crippen LogP contribution in [0.15, 0.2) is 19.0 Å². The first-order valence-electron chi connectivity index (χ1n) is 5.22. The molecule has 0 fully saturated rings. The number of rotatable bonds is 3. The van der Waals surface area contributed by atoms with Crippen molar-refractivity contribution in [2.45, 2.75) is 20.8 Å². The first-order valence-corrected chi connectivity index (χ1v) is 6.62. The molecule has 0 aromatic carbocycles. The molecule has 0 N–H and O–H groups in total. The van der Waals surface area contributed by atoms with Crippen molar-refractivity contribution in [3.63, 3.8) is 0 Å². The summed E-state index contributed by atoms with van der Waals surface area (Å²) in [5.74, 6) is 1.08. The average molecular weight is 258 g/mol. The van der Waals surface area contributed by atoms with Gasteiger partial charge in [0.05, 0.1) is 0 Å². The van der Waals surface area contributed by atoms with Crippen LogP contribution in [0.25, 0.3) is 0 Å². The fraction of sp³-hybridized carbons (Fsp3) is 0.600. The van der Waals surface area contributed by atoms with Crippen molar-refractivity contribution in [3.8, 4) is 0 Å². The van der Waals surface area contributed by atoms with Gasteiger partial charge in [0.15, 0.2) is 0 Å². The molecule has 90 valence electrons. The summed E-state index contributed by atoms with van der Waals surface area (Å²) in [7, 11) is 0. The third-order valence-corrected chi connectivity index (χ3v) is 3.10. The molecule has 0 aliphatic rings. The van der Waals surface area contributed by atoms with Gasteiger partial charge in [-0.2, -0.15) is 0 Å². The van der Waals surface area contributed by atoms with Crippen LogP contribution in [0.4, 0.5) is 0 Å². The van der Waals surface area contributed by atoms with Crippen LogP contribution in [0.5, 0.6) is 0 Å². The van der Waals surface area contributed by atoms with Crippen molar-refractivity contribution in [1.82, 2.24) is 19.9 Å². The lowest BCUT2D eigenvalue weighted by Gasteiger charge is -2.20. The number of thioether (sulfide) groups is 1. The van der Waals surface area contributed by atoms with Gasteiger partial charge in [-0.05, 0) is 19.6 Å². The van der Waals surface area contributed by atoms with Crippen molar-refractivity contribution < 1.29 is 0 Å². The summed E-state index contributed by atoms with van der Waals surface area (Å²) < 4.78 is 1.03. The lowest BCUT2D eigenvalue weighted by atomic mass is 10.6. The molecule has 0 aliphatic carbocycles. The van der Waals surface area contributed by atoms with E-state index in [4.69, 9.17) is 12.2 Å². The summed E-state index contributed by atoms with van der Waals surface area (Å²) in [6.07, 6.45) is 4.31. The maximum Gasteiger partial charge on any atom is 0.136 e. The molecule has 1 rings (SSSR count). The topological polar surface area (TPSA) is 41.9 Å². The zero-order valence-corrected chi connectivity index (χ0v) is 11.6. The highest BCUT2D eigenvalue weighted by atomic mass is 32.2. The minimum absolute atomic E-state index is 1.03. The lowest BCUT2D eigenvalue weighted by molar-refractivity contribution is 0.482. The van der Waals surface area contributed by atoms with Gasteiger partial charge in [-0.3, -0.25) is 0 Å². The van der Waals surface area contributed by atoms with Crippen LogP contribution in [0, 0.1) is 0 Å². The van der Waals surface area contributed by atoms with Crippen molar-refractivity contribution in [1.29, 1.82) is 0 Å². The molecule has 0 spiro atoms. The third-order valence-electron chi connectivity index (χ3n) is 1.69. The number of nitrogens with zero attached hydrogens (tertiary/aromatic N) is 4. The largest absolute Gasteiger partial charge is 0.358 e. The minimum Gasteiger partial charge on any atom is -0.358 e. The van der Waals surface area contributed by atoms with E-state index in [-0.39, 0.29) is 0 Å². The molecule has 0 atom stereocenters. The van der Waals surface area contributed by atoms with E-state index in [0.29, 0.717) is 0 Å². The van der Waals surface area contributed by atoms with E-state index in [1.54, 1.807) is 11.8 Å². The van der Waals surface area contributed by atoms with Crippen molar-refractivity contribution in [3.05, 3.63) is 19.0 Å². The zero-order chi connectivity index (χ0) is 12.2. The van der Waals surface area contributed by atoms with Crippen molar-refractivity contribution >= 4 is 28.3 Å². The van der Waals surface area contributed by atoms with Crippen LogP contribution >= 0.6 is 24.0 Å². The van der Waals surface area contributed by atoms with Gasteiger partial charge in [-0.15, -0.1) is 0 Å². The predicted molar refractivity (Wildman–Crippen MR) is 73.5 cm³/mol. The fourth-order valence-corrected chi connectivity index (χ4v) is 2.20. The highest BCUT2D eigenvalue weighted by Crippen LogP contribution is 2.07. The Balaban J connectivity index is 0.000000315. The van der Waals surface area contributed by atoms with Crippen LogP contribution in [0.3, 0.4) is 0 Å². The van der Waals surface area contributed by atoms with E-state index in [0.717, 1.165) is 23.2 Å². The Labute approximate surface area is 107 Å². The molecular weight excluding hydrogens is 240 g/mol. The van der Waals surface area contributed by atoms with Gasteiger partial charge in [0.2, 0.25) is 0 Å². The number of aromatic nitrogens is 3. The molecular formula is C10H18N4S2. The Hall–Kier alpha value is -0.750. The second-order valence-electron chi connectivity index (χ2n) is 2.66. The summed E-state index contributed by atoms with van der Waals surface area (Å²) in [5, 5.41) is 0. The fourth-order valence-electron chi connectivity index (χ4n) is 0.901. The Kier molecular flexibility index (Phi) is 10.3. The van der Waals surface area contributed by atoms with Gasteiger partial charge >= 0.3 is 0 Å². The highest BCUT2D eigenvalue weighted by Gasteiger charge is 2.02. The summed E-state index contributed by atoms with van der Waals surface area (Å²) in [5.41, 5.74) is 0. The van der Waals surface area contributed by atoms with E-state index in [9.17, 15) is 0 Å². The molecule has 6 heteroatoms. The lowest BCUT2D eigenvalue weighted by Crippen LogP contribution is -2.26. The number of hydrogen-bond donors (Lipinski definition) is 0. The van der Waals surface area contributed by atoms with Gasteiger partial charge in [0, 0.05) is 13.1 Å². The Morgan fingerprint density at radius 1 is 1.06 bits per heavy atom. The summed E-state index contributed by atoms with van der Waals surface area (Å²) in [4.78, 5) is 12.9. The van der Waals surface area contributed by atoms with Gasteiger partial charge in [-0.25, -0.2) is 15.0 Å². The molecule has 0 bridgehead atoms. The third kappa shape index (κ3) is 7.53. The van der Waals surface area contributed by atoms with Crippen LogP contribution in [-0.2, 0) is 0 Å². The molecule has 0 radical (unpaired) electrons. The quantitative estimate of drug-likeness (QED) is 0.775. The maximum absolute atomic E-state index is 5.16. The molecule has 4 nitrogen and oxygen atoms in total. The van der Waals surface area contributed by atoms with Crippen LogP contribution in [0.1, 0.15) is 20.8 Å². The van der Waals surface area contributed by atoms with E-state index in [2.05, 4.69) is 40.6 Å². The summed E-state index contributed by atoms with van der Waals surface area (Å²) in [6.45, 7) is 8.45. The van der Waals surface area contributed by atoms with E-state index in [1.165, 1.54) is 19.0 Å². The molecule has 0 aliphatic heterocycles. The Bertz CT molecular complexity index is 238. The zero-order valence-electron chi connectivity index (χ0n) is 9.96. The average Bonchev–Trinajstić information content (AvgIpc) is 2.34. The molecule has 1 heterocycles. The monoisotopic (exact) mass is 258 g/mol. The van der Waals surface area contributed by atoms with Crippen molar-refractivity contribution in [2.24, 2.45) is 0 Å². The molecule has 1 aromatic rings. The van der Waals surface area contributed by atoms with Gasteiger partial charge in [0.1, 0.15) is 23.3 Å². The van der Waals surface area contributed by atoms with Crippen LogP contribution in [-0.4, -0.2) is 43.0 Å². The highest BCUT2D eigenvalue weighted by molar-refractivity contribution is 8.22. The molecule has 16 heavy (non-hydrogen) atoms.